The fourth-order valence-corrected chi connectivity index (χ4v) is 6.76. The Morgan fingerprint density at radius 3 is 1.62 bits per heavy atom. The third kappa shape index (κ3) is 12.8. The Morgan fingerprint density at radius 2 is 1.14 bits per heavy atom. The topological polar surface area (TPSA) is 101 Å². The third-order valence-electron chi connectivity index (χ3n) is 6.32. The standard InChI is InChI=1S/C28H42O6S2.Na/c1-2-3-4-5-6-7-8-9-10-11-12-13-14-18-24-34-36(32,33)28-26(25-20-16-15-17-21-25)22-19-23-27(28)35(29,30)31;/h15-17,19-23H,2-14,18,24H2,1H3,(H,29,30,31);/q;+1/p-1. The van der Waals surface area contributed by atoms with E-state index in [1.165, 1.54) is 76.3 Å². The van der Waals surface area contributed by atoms with E-state index in [2.05, 4.69) is 6.92 Å². The molecule has 2 rings (SSSR count). The molecule has 0 heterocycles. The van der Waals surface area contributed by atoms with E-state index in [9.17, 15) is 21.4 Å². The van der Waals surface area contributed by atoms with Gasteiger partial charge in [0, 0.05) is 5.56 Å². The van der Waals surface area contributed by atoms with Crippen LogP contribution in [0, 0.1) is 0 Å². The van der Waals surface area contributed by atoms with Crippen molar-refractivity contribution >= 4 is 20.2 Å². The molecule has 0 amide bonds. The SMILES string of the molecule is CCCCCCCCCCCCCCCCOS(=O)(=O)c1c(-c2ccccc2)cccc1S(=O)(=O)[O-].[Na+]. The summed E-state index contributed by atoms with van der Waals surface area (Å²) < 4.78 is 66.7. The van der Waals surface area contributed by atoms with E-state index < -0.39 is 30.0 Å². The van der Waals surface area contributed by atoms with Crippen molar-refractivity contribution in [2.45, 2.75) is 107 Å². The van der Waals surface area contributed by atoms with Gasteiger partial charge in [0.25, 0.3) is 10.1 Å². The van der Waals surface area contributed by atoms with Crippen LogP contribution in [0.3, 0.4) is 0 Å². The summed E-state index contributed by atoms with van der Waals surface area (Å²) in [6.45, 7) is 2.18. The maximum atomic E-state index is 13.0. The van der Waals surface area contributed by atoms with Gasteiger partial charge in [0.1, 0.15) is 15.0 Å². The predicted molar refractivity (Wildman–Crippen MR) is 143 cm³/mol. The second-order valence-corrected chi connectivity index (χ2v) is 12.2. The zero-order valence-corrected chi connectivity index (χ0v) is 26.1. The smallest absolute Gasteiger partial charge is 0.744 e. The van der Waals surface area contributed by atoms with Crippen molar-refractivity contribution < 1.29 is 55.1 Å². The molecule has 0 unspecified atom stereocenters. The van der Waals surface area contributed by atoms with E-state index in [1.807, 2.05) is 0 Å². The van der Waals surface area contributed by atoms with E-state index in [0.717, 1.165) is 25.3 Å². The molecule has 0 aliphatic carbocycles. The Kier molecular flexibility index (Phi) is 17.2. The summed E-state index contributed by atoms with van der Waals surface area (Å²) in [5.41, 5.74) is 0.621. The molecule has 0 saturated carbocycles. The Morgan fingerprint density at radius 1 is 0.649 bits per heavy atom. The molecule has 0 aliphatic heterocycles. The summed E-state index contributed by atoms with van der Waals surface area (Å²) in [5.74, 6) is 0. The first-order valence-electron chi connectivity index (χ1n) is 13.3. The van der Waals surface area contributed by atoms with Gasteiger partial charge in [0.15, 0.2) is 0 Å². The van der Waals surface area contributed by atoms with Crippen molar-refractivity contribution in [3.63, 3.8) is 0 Å². The van der Waals surface area contributed by atoms with E-state index in [-0.39, 0.29) is 41.7 Å². The molecule has 0 aliphatic rings. The van der Waals surface area contributed by atoms with Crippen LogP contribution >= 0.6 is 0 Å². The molecule has 202 valence electrons. The Hall–Kier alpha value is -0.740. The van der Waals surface area contributed by atoms with Crippen molar-refractivity contribution in [2.75, 3.05) is 6.61 Å². The molecule has 9 heteroatoms. The van der Waals surface area contributed by atoms with Gasteiger partial charge in [0.2, 0.25) is 0 Å². The zero-order valence-electron chi connectivity index (χ0n) is 22.5. The molecule has 0 saturated heterocycles. The number of hydrogen-bond acceptors (Lipinski definition) is 6. The van der Waals surface area contributed by atoms with Crippen molar-refractivity contribution in [2.24, 2.45) is 0 Å². The molecular weight excluding hydrogens is 519 g/mol. The molecule has 2 aromatic carbocycles. The van der Waals surface area contributed by atoms with Crippen LogP contribution in [0.2, 0.25) is 0 Å². The second kappa shape index (κ2) is 18.5. The maximum Gasteiger partial charge on any atom is 1.00 e. The monoisotopic (exact) mass is 560 g/mol. The first-order valence-corrected chi connectivity index (χ1v) is 16.1. The molecule has 0 atom stereocenters. The minimum absolute atomic E-state index is 0. The molecule has 0 bridgehead atoms. The quantitative estimate of drug-likeness (QED) is 0.109. The van der Waals surface area contributed by atoms with Crippen molar-refractivity contribution in [1.29, 1.82) is 0 Å². The molecular formula is C28H41NaO6S2. The van der Waals surface area contributed by atoms with Gasteiger partial charge in [-0.3, -0.25) is 4.18 Å². The van der Waals surface area contributed by atoms with Gasteiger partial charge in [-0.05, 0) is 18.1 Å². The second-order valence-electron chi connectivity index (χ2n) is 9.33. The Bertz CT molecular complexity index is 1100. The molecule has 0 N–H and O–H groups in total. The van der Waals surface area contributed by atoms with Crippen LogP contribution in [-0.2, 0) is 24.4 Å². The van der Waals surface area contributed by atoms with E-state index in [4.69, 9.17) is 4.18 Å². The normalized spacial score (nSPS) is 11.8. The van der Waals surface area contributed by atoms with Crippen molar-refractivity contribution in [1.82, 2.24) is 0 Å². The van der Waals surface area contributed by atoms with E-state index >= 15 is 0 Å². The Labute approximate surface area is 246 Å². The van der Waals surface area contributed by atoms with Crippen LogP contribution in [-0.4, -0.2) is 28.0 Å². The van der Waals surface area contributed by atoms with Crippen LogP contribution < -0.4 is 29.6 Å². The minimum atomic E-state index is -5.02. The molecule has 0 spiro atoms. The number of benzene rings is 2. The van der Waals surface area contributed by atoms with E-state index in [1.54, 1.807) is 30.3 Å². The van der Waals surface area contributed by atoms with Crippen LogP contribution in [0.5, 0.6) is 0 Å². The fraction of sp³-hybridized carbons (Fsp3) is 0.571. The summed E-state index contributed by atoms with van der Waals surface area (Å²) in [7, 11) is -9.47. The first-order chi connectivity index (χ1) is 17.3. The molecule has 37 heavy (non-hydrogen) atoms. The molecule has 2 aromatic rings. The van der Waals surface area contributed by atoms with Crippen LogP contribution in [0.25, 0.3) is 11.1 Å². The predicted octanol–water partition coefficient (Wildman–Crippen LogP) is 4.45. The molecule has 0 fully saturated rings. The molecule has 0 radical (unpaired) electrons. The third-order valence-corrected chi connectivity index (χ3v) is 8.74. The van der Waals surface area contributed by atoms with Crippen LogP contribution in [0.15, 0.2) is 58.3 Å². The summed E-state index contributed by atoms with van der Waals surface area (Å²) in [5, 5.41) is 0. The summed E-state index contributed by atoms with van der Waals surface area (Å²) in [6.07, 6.45) is 16.5. The average molecular weight is 561 g/mol. The Balaban J connectivity index is 0.00000684. The average Bonchev–Trinajstić information content (AvgIpc) is 2.86. The maximum absolute atomic E-state index is 13.0. The number of rotatable bonds is 19. The fourth-order valence-electron chi connectivity index (χ4n) is 4.34. The summed E-state index contributed by atoms with van der Waals surface area (Å²) in [6, 6.07) is 12.3. The van der Waals surface area contributed by atoms with Gasteiger partial charge in [-0.1, -0.05) is 133 Å². The van der Waals surface area contributed by atoms with Gasteiger partial charge < -0.3 is 4.55 Å². The van der Waals surface area contributed by atoms with Gasteiger partial charge in [-0.15, -0.1) is 0 Å². The largest absolute Gasteiger partial charge is 1.00 e. The van der Waals surface area contributed by atoms with Crippen molar-refractivity contribution in [3.05, 3.63) is 48.5 Å². The van der Waals surface area contributed by atoms with Gasteiger partial charge in [-0.2, -0.15) is 8.42 Å². The van der Waals surface area contributed by atoms with Gasteiger partial charge in [-0.25, -0.2) is 8.42 Å². The van der Waals surface area contributed by atoms with Gasteiger partial charge in [0.05, 0.1) is 11.5 Å². The zero-order chi connectivity index (χ0) is 26.3. The number of hydrogen-bond donors (Lipinski definition) is 0. The summed E-state index contributed by atoms with van der Waals surface area (Å²) in [4.78, 5) is -1.37. The number of unbranched alkanes of at least 4 members (excludes halogenated alkanes) is 13. The van der Waals surface area contributed by atoms with E-state index in [0.29, 0.717) is 12.0 Å². The molecule has 6 nitrogen and oxygen atoms in total. The summed E-state index contributed by atoms with van der Waals surface area (Å²) >= 11 is 0. The first kappa shape index (κ1) is 34.3. The van der Waals surface area contributed by atoms with Crippen molar-refractivity contribution in [3.8, 4) is 11.1 Å². The minimum Gasteiger partial charge on any atom is -0.744 e. The molecule has 0 aromatic heterocycles. The van der Waals surface area contributed by atoms with Crippen LogP contribution in [0.1, 0.15) is 96.8 Å². The van der Waals surface area contributed by atoms with Gasteiger partial charge >= 0.3 is 29.6 Å². The van der Waals surface area contributed by atoms with Crippen LogP contribution in [0.4, 0.5) is 0 Å².